The second-order valence-corrected chi connectivity index (χ2v) is 18.3. The molecule has 0 saturated carbocycles. The molecule has 18 heteroatoms. The van der Waals surface area contributed by atoms with Crippen molar-refractivity contribution in [3.63, 3.8) is 0 Å². The summed E-state index contributed by atoms with van der Waals surface area (Å²) in [5.41, 5.74) is 6.78. The molecule has 57 heavy (non-hydrogen) atoms. The van der Waals surface area contributed by atoms with Crippen molar-refractivity contribution < 1.29 is 38.3 Å². The molecule has 1 aromatic heterocycles. The van der Waals surface area contributed by atoms with Crippen molar-refractivity contribution in [1.29, 1.82) is 0 Å². The molecule has 4 unspecified atom stereocenters. The largest absolute Gasteiger partial charge is 0.368 e. The minimum atomic E-state index is -4.48. The van der Waals surface area contributed by atoms with Crippen LogP contribution < -0.4 is 27.0 Å². The summed E-state index contributed by atoms with van der Waals surface area (Å²) in [6.07, 6.45) is 1.71. The third-order valence-electron chi connectivity index (χ3n) is 10.2. The van der Waals surface area contributed by atoms with Gasteiger partial charge in [0.1, 0.15) is 24.2 Å². The quantitative estimate of drug-likeness (QED) is 0.0867. The maximum absolute atomic E-state index is 14.5. The monoisotopic (exact) mass is 837 g/mol. The number of nitrogens with zero attached hydrogens (tertiary/aromatic N) is 2. The molecule has 15 nitrogen and oxygen atoms in total. The van der Waals surface area contributed by atoms with Gasteiger partial charge in [-0.15, -0.1) is 23.1 Å². The van der Waals surface area contributed by atoms with Crippen LogP contribution in [0.2, 0.25) is 0 Å². The molecular formula is C39H48N7O8PS2. The average Bonchev–Trinajstić information content (AvgIpc) is 3.61. The van der Waals surface area contributed by atoms with Crippen LogP contribution in [0.5, 0.6) is 0 Å². The van der Waals surface area contributed by atoms with Crippen molar-refractivity contribution in [2.75, 3.05) is 44.0 Å². The minimum absolute atomic E-state index is 0.116. The molecule has 2 saturated heterocycles. The van der Waals surface area contributed by atoms with Gasteiger partial charge in [-0.3, -0.25) is 23.7 Å². The lowest BCUT2D eigenvalue weighted by Crippen LogP contribution is -2.62. The van der Waals surface area contributed by atoms with Crippen LogP contribution in [0.4, 0.5) is 4.79 Å². The van der Waals surface area contributed by atoms with Crippen LogP contribution in [0.3, 0.4) is 0 Å². The Hall–Kier alpha value is -4.51. The van der Waals surface area contributed by atoms with E-state index in [2.05, 4.69) is 21.3 Å². The predicted molar refractivity (Wildman–Crippen MR) is 222 cm³/mol. The fraction of sp³-hybridized carbons (Fsp3) is 0.410. The predicted octanol–water partition coefficient (Wildman–Crippen LogP) is 2.53. The summed E-state index contributed by atoms with van der Waals surface area (Å²) >= 11 is 2.30. The number of primary amides is 1. The fourth-order valence-electron chi connectivity index (χ4n) is 7.23. The number of amides is 6. The van der Waals surface area contributed by atoms with Crippen LogP contribution in [-0.2, 0) is 36.6 Å². The van der Waals surface area contributed by atoms with Crippen LogP contribution >= 0.6 is 30.7 Å². The zero-order chi connectivity index (χ0) is 40.5. The Balaban J connectivity index is 1.21. The summed E-state index contributed by atoms with van der Waals surface area (Å²) in [5.74, 6) is -2.82. The summed E-state index contributed by atoms with van der Waals surface area (Å²) in [4.78, 5) is 90.9. The van der Waals surface area contributed by atoms with E-state index >= 15 is 0 Å². The second kappa shape index (κ2) is 19.3. The number of nitrogens with two attached hydrogens (primary N) is 1. The van der Waals surface area contributed by atoms with E-state index < -0.39 is 66.9 Å². The number of thioether (sulfide) groups is 1. The lowest BCUT2D eigenvalue weighted by molar-refractivity contribution is -0.145. The number of nitrogens with one attached hydrogen (secondary N) is 4. The van der Waals surface area contributed by atoms with Gasteiger partial charge in [-0.1, -0.05) is 60.7 Å². The lowest BCUT2D eigenvalue weighted by atomic mass is 9.98. The SMILES string of the molecule is NC(=O)C(Cc1ccc2ccccc2c1)NC(=O)C1CCCCN1C(=O)C(CSCP(=O)(O)O)NC(=O)C(Cc1csc2ccccc12)NC(=O)N1CCNCC1. The van der Waals surface area contributed by atoms with Gasteiger partial charge in [0, 0.05) is 56.0 Å². The summed E-state index contributed by atoms with van der Waals surface area (Å²) in [5, 5.41) is 16.5. The maximum atomic E-state index is 14.5. The van der Waals surface area contributed by atoms with Crippen LogP contribution in [0, 0.1) is 0 Å². The molecule has 304 valence electrons. The topological polar surface area (TPSA) is 223 Å². The summed E-state index contributed by atoms with van der Waals surface area (Å²) in [6, 6.07) is 16.2. The highest BCUT2D eigenvalue weighted by Gasteiger charge is 2.38. The smallest absolute Gasteiger partial charge is 0.335 e. The number of piperidine rings is 1. The highest BCUT2D eigenvalue weighted by Crippen LogP contribution is 2.39. The van der Waals surface area contributed by atoms with Gasteiger partial charge in [0.25, 0.3) is 0 Å². The summed E-state index contributed by atoms with van der Waals surface area (Å²) in [6.45, 7) is 2.25. The van der Waals surface area contributed by atoms with E-state index in [9.17, 15) is 38.3 Å². The van der Waals surface area contributed by atoms with Gasteiger partial charge >= 0.3 is 13.6 Å². The molecule has 6 amide bonds. The van der Waals surface area contributed by atoms with Gasteiger partial charge in [0.15, 0.2) is 0 Å². The molecule has 0 radical (unpaired) electrons. The van der Waals surface area contributed by atoms with Crippen LogP contribution in [0.1, 0.15) is 30.4 Å². The van der Waals surface area contributed by atoms with Crippen molar-refractivity contribution in [1.82, 2.24) is 31.1 Å². The Morgan fingerprint density at radius 1 is 0.877 bits per heavy atom. The first-order valence-corrected chi connectivity index (χ1v) is 22.7. The normalized spacial score (nSPS) is 17.8. The molecule has 3 heterocycles. The molecule has 6 rings (SSSR count). The number of hydrogen-bond donors (Lipinski definition) is 7. The fourth-order valence-corrected chi connectivity index (χ4v) is 10.0. The Labute approximate surface area is 338 Å². The third kappa shape index (κ3) is 11.3. The number of hydrogen-bond acceptors (Lipinski definition) is 9. The zero-order valence-electron chi connectivity index (χ0n) is 31.3. The van der Waals surface area contributed by atoms with Gasteiger partial charge in [-0.25, -0.2) is 4.79 Å². The van der Waals surface area contributed by atoms with E-state index in [1.807, 2.05) is 72.1 Å². The summed E-state index contributed by atoms with van der Waals surface area (Å²) < 4.78 is 12.8. The first-order chi connectivity index (χ1) is 27.4. The Morgan fingerprint density at radius 2 is 1.61 bits per heavy atom. The highest BCUT2D eigenvalue weighted by molar-refractivity contribution is 8.04. The van der Waals surface area contributed by atoms with Gasteiger partial charge < -0.3 is 46.6 Å². The Morgan fingerprint density at radius 3 is 2.37 bits per heavy atom. The van der Waals surface area contributed by atoms with Gasteiger partial charge in [-0.05, 0) is 58.0 Å². The van der Waals surface area contributed by atoms with Crippen LogP contribution in [-0.4, -0.2) is 117 Å². The third-order valence-corrected chi connectivity index (χ3v) is 13.8. The van der Waals surface area contributed by atoms with E-state index in [0.29, 0.717) is 39.0 Å². The average molecular weight is 838 g/mol. The molecule has 4 aromatic rings. The number of benzene rings is 3. The van der Waals surface area contributed by atoms with Gasteiger partial charge in [0.05, 0.1) is 5.49 Å². The van der Waals surface area contributed by atoms with Crippen molar-refractivity contribution in [2.24, 2.45) is 5.73 Å². The molecule has 2 fully saturated rings. The van der Waals surface area contributed by atoms with Crippen molar-refractivity contribution in [3.05, 3.63) is 83.2 Å². The zero-order valence-corrected chi connectivity index (χ0v) is 33.8. The Bertz CT molecular complexity index is 2140. The van der Waals surface area contributed by atoms with Crippen molar-refractivity contribution >= 4 is 81.2 Å². The highest BCUT2D eigenvalue weighted by atomic mass is 32.2. The van der Waals surface area contributed by atoms with E-state index in [0.717, 1.165) is 43.7 Å². The number of likely N-dealkylation sites (tertiary alicyclic amines) is 1. The number of rotatable bonds is 15. The van der Waals surface area contributed by atoms with Gasteiger partial charge in [-0.2, -0.15) is 0 Å². The van der Waals surface area contributed by atoms with Crippen LogP contribution in [0.15, 0.2) is 72.1 Å². The molecule has 2 aliphatic rings. The first-order valence-electron chi connectivity index (χ1n) is 18.9. The molecule has 0 bridgehead atoms. The number of carbonyl (C=O) groups is 5. The number of fused-ring (bicyclic) bond motifs is 2. The molecule has 4 atom stereocenters. The van der Waals surface area contributed by atoms with E-state index in [1.54, 1.807) is 4.90 Å². The molecule has 8 N–H and O–H groups in total. The first kappa shape index (κ1) is 42.1. The number of carbonyl (C=O) groups excluding carboxylic acids is 5. The number of thiophene rings is 1. The maximum Gasteiger partial charge on any atom is 0.335 e. The number of urea groups is 1. The van der Waals surface area contributed by atoms with Crippen LogP contribution in [0.25, 0.3) is 20.9 Å². The van der Waals surface area contributed by atoms with E-state index in [-0.39, 0.29) is 31.6 Å². The number of piperazine rings is 1. The molecule has 0 spiro atoms. The summed E-state index contributed by atoms with van der Waals surface area (Å²) in [7, 11) is -4.48. The van der Waals surface area contributed by atoms with Crippen molar-refractivity contribution in [2.45, 2.75) is 56.3 Å². The van der Waals surface area contributed by atoms with E-state index in [1.165, 1.54) is 16.2 Å². The van der Waals surface area contributed by atoms with Gasteiger partial charge in [0.2, 0.25) is 23.6 Å². The lowest BCUT2D eigenvalue weighted by Gasteiger charge is -2.38. The second-order valence-electron chi connectivity index (χ2n) is 14.3. The molecule has 3 aromatic carbocycles. The molecular weight excluding hydrogens is 790 g/mol. The Kier molecular flexibility index (Phi) is 14.2. The standard InChI is InChI=1S/C39H48N7O8PS2/c40-35(47)30(20-25-12-13-26-7-1-2-8-27(26)19-25)42-37(49)33-10-5-6-16-46(33)38(50)32(23-56-24-55(52,53)54)43-36(48)31(44-39(51)45-17-14-41-15-18-45)21-28-22-57-34-11-4-3-9-29(28)34/h1-4,7-9,11-13,19,22,30-33,41H,5-6,10,14-18,20-21,23-24H2,(H2,40,47)(H,42,49)(H,43,48)(H,44,51)(H2,52,53,54). The van der Waals surface area contributed by atoms with E-state index in [4.69, 9.17) is 5.73 Å². The minimum Gasteiger partial charge on any atom is -0.368 e. The van der Waals surface area contributed by atoms with Crippen molar-refractivity contribution in [3.8, 4) is 0 Å². The molecule has 0 aliphatic carbocycles. The molecule has 2 aliphatic heterocycles.